The lowest BCUT2D eigenvalue weighted by Crippen LogP contribution is -2.43. The van der Waals surface area contributed by atoms with Crippen molar-refractivity contribution in [2.75, 3.05) is 21.3 Å². The molecular formula is C18H22N2O5S2. The molecule has 1 aromatic carbocycles. The first-order valence-electron chi connectivity index (χ1n) is 8.24. The Labute approximate surface area is 166 Å². The van der Waals surface area contributed by atoms with Gasteiger partial charge >= 0.3 is 5.97 Å². The maximum Gasteiger partial charge on any atom is 0.322 e. The lowest BCUT2D eigenvalue weighted by Gasteiger charge is -2.20. The highest BCUT2D eigenvalue weighted by Gasteiger charge is 2.46. The summed E-state index contributed by atoms with van der Waals surface area (Å²) >= 11 is 3.07. The maximum atomic E-state index is 11.5. The van der Waals surface area contributed by atoms with Crippen molar-refractivity contribution in [1.29, 1.82) is 0 Å². The zero-order valence-electron chi connectivity index (χ0n) is 15.7. The molecule has 0 radical (unpaired) electrons. The van der Waals surface area contributed by atoms with Crippen molar-refractivity contribution in [1.82, 2.24) is 10.3 Å². The summed E-state index contributed by atoms with van der Waals surface area (Å²) in [7, 11) is 4.72. The first kappa shape index (κ1) is 19.8. The van der Waals surface area contributed by atoms with Crippen molar-refractivity contribution in [3.05, 3.63) is 23.3 Å². The molecule has 27 heavy (non-hydrogen) atoms. The predicted molar refractivity (Wildman–Crippen MR) is 106 cm³/mol. The number of thioether (sulfide) groups is 1. The minimum atomic E-state index is -0.853. The Hall–Kier alpha value is -1.97. The third-order valence-electron chi connectivity index (χ3n) is 4.40. The average molecular weight is 411 g/mol. The molecule has 0 bridgehead atoms. The SMILES string of the molecule is COc1ccc(-c2cnc(C3NC(C(=O)O)C(C)(C)S3)s2)c(OC)c1OC. The van der Waals surface area contributed by atoms with E-state index in [1.165, 1.54) is 11.3 Å². The monoisotopic (exact) mass is 410 g/mol. The molecule has 7 nitrogen and oxygen atoms in total. The van der Waals surface area contributed by atoms with Crippen molar-refractivity contribution >= 4 is 29.1 Å². The Balaban J connectivity index is 1.94. The molecule has 1 aliphatic rings. The van der Waals surface area contributed by atoms with E-state index >= 15 is 0 Å². The van der Waals surface area contributed by atoms with Crippen LogP contribution < -0.4 is 19.5 Å². The highest BCUT2D eigenvalue weighted by Crippen LogP contribution is 2.49. The molecule has 9 heteroatoms. The van der Waals surface area contributed by atoms with Gasteiger partial charge in [0.1, 0.15) is 16.4 Å². The van der Waals surface area contributed by atoms with E-state index in [1.54, 1.807) is 39.3 Å². The summed E-state index contributed by atoms with van der Waals surface area (Å²) in [6.45, 7) is 3.85. The van der Waals surface area contributed by atoms with Gasteiger partial charge in [0.15, 0.2) is 11.5 Å². The molecule has 0 aliphatic carbocycles. The van der Waals surface area contributed by atoms with Crippen molar-refractivity contribution in [2.45, 2.75) is 30.0 Å². The van der Waals surface area contributed by atoms with Gasteiger partial charge < -0.3 is 19.3 Å². The molecule has 0 spiro atoms. The number of aromatic nitrogens is 1. The van der Waals surface area contributed by atoms with Gasteiger partial charge in [-0.05, 0) is 26.0 Å². The van der Waals surface area contributed by atoms with Crippen LogP contribution in [0.5, 0.6) is 17.2 Å². The van der Waals surface area contributed by atoms with Crippen molar-refractivity contribution in [3.63, 3.8) is 0 Å². The van der Waals surface area contributed by atoms with Gasteiger partial charge in [-0.15, -0.1) is 23.1 Å². The first-order chi connectivity index (χ1) is 12.8. The number of benzene rings is 1. The topological polar surface area (TPSA) is 89.9 Å². The van der Waals surface area contributed by atoms with Gasteiger partial charge in [-0.1, -0.05) is 0 Å². The van der Waals surface area contributed by atoms with Crippen LogP contribution in [0.4, 0.5) is 0 Å². The summed E-state index contributed by atoms with van der Waals surface area (Å²) in [6, 6.07) is 3.09. The molecule has 1 aromatic heterocycles. The summed E-state index contributed by atoms with van der Waals surface area (Å²) in [5.41, 5.74) is 0.843. The Morgan fingerprint density at radius 2 is 1.89 bits per heavy atom. The van der Waals surface area contributed by atoms with Gasteiger partial charge in [-0.3, -0.25) is 10.1 Å². The molecule has 146 valence electrons. The second-order valence-electron chi connectivity index (χ2n) is 6.48. The molecule has 2 atom stereocenters. The number of nitrogens with zero attached hydrogens (tertiary/aromatic N) is 1. The van der Waals surface area contributed by atoms with Crippen LogP contribution in [0.2, 0.25) is 0 Å². The number of carboxylic acid groups (broad SMARTS) is 1. The van der Waals surface area contributed by atoms with E-state index in [9.17, 15) is 9.90 Å². The van der Waals surface area contributed by atoms with Gasteiger partial charge in [-0.25, -0.2) is 4.98 Å². The lowest BCUT2D eigenvalue weighted by atomic mass is 10.0. The molecule has 0 saturated carbocycles. The molecule has 1 aliphatic heterocycles. The molecular weight excluding hydrogens is 388 g/mol. The van der Waals surface area contributed by atoms with Gasteiger partial charge in [0.05, 0.1) is 26.2 Å². The zero-order chi connectivity index (χ0) is 19.8. The summed E-state index contributed by atoms with van der Waals surface area (Å²) < 4.78 is 15.9. The predicted octanol–water partition coefficient (Wildman–Crippen LogP) is 3.40. The Morgan fingerprint density at radius 1 is 1.19 bits per heavy atom. The molecule has 1 saturated heterocycles. The number of thiazole rings is 1. The van der Waals surface area contributed by atoms with Crippen molar-refractivity contribution in [3.8, 4) is 27.7 Å². The number of carbonyl (C=O) groups is 1. The molecule has 0 amide bonds. The number of methoxy groups -OCH3 is 3. The number of carboxylic acids is 1. The second-order valence-corrected chi connectivity index (χ2v) is 9.31. The molecule has 2 heterocycles. The summed E-state index contributed by atoms with van der Waals surface area (Å²) in [4.78, 5) is 16.9. The normalized spacial score (nSPS) is 21.1. The number of nitrogens with one attached hydrogen (secondary N) is 1. The van der Waals surface area contributed by atoms with E-state index in [-0.39, 0.29) is 5.37 Å². The van der Waals surface area contributed by atoms with Gasteiger partial charge in [0.25, 0.3) is 0 Å². The smallest absolute Gasteiger partial charge is 0.322 e. The fourth-order valence-corrected chi connectivity index (χ4v) is 5.53. The zero-order valence-corrected chi connectivity index (χ0v) is 17.4. The van der Waals surface area contributed by atoms with Crippen molar-refractivity contribution in [2.24, 2.45) is 0 Å². The van der Waals surface area contributed by atoms with Crippen LogP contribution in [-0.2, 0) is 4.79 Å². The van der Waals surface area contributed by atoms with Crippen LogP contribution in [0.3, 0.4) is 0 Å². The molecule has 3 rings (SSSR count). The number of aliphatic carboxylic acids is 1. The number of rotatable bonds is 6. The van der Waals surface area contributed by atoms with Crippen molar-refractivity contribution < 1.29 is 24.1 Å². The van der Waals surface area contributed by atoms with Crippen LogP contribution in [0, 0.1) is 0 Å². The quantitative estimate of drug-likeness (QED) is 0.749. The van der Waals surface area contributed by atoms with Gasteiger partial charge in [-0.2, -0.15) is 0 Å². The standard InChI is InChI=1S/C18H22N2O5S2/c1-18(2)14(17(21)22)20-16(27-18)15-19-8-11(26-15)9-6-7-10(23-3)13(25-5)12(9)24-4/h6-8,14,16,20H,1-5H3,(H,21,22). The van der Waals surface area contributed by atoms with E-state index in [1.807, 2.05) is 26.0 Å². The fraction of sp³-hybridized carbons (Fsp3) is 0.444. The first-order valence-corrected chi connectivity index (χ1v) is 9.93. The third-order valence-corrected chi connectivity index (χ3v) is 7.08. The minimum Gasteiger partial charge on any atom is -0.493 e. The highest BCUT2D eigenvalue weighted by atomic mass is 32.2. The highest BCUT2D eigenvalue weighted by molar-refractivity contribution is 8.01. The summed E-state index contributed by atoms with van der Waals surface area (Å²) in [5.74, 6) is 0.825. The van der Waals surface area contributed by atoms with E-state index in [2.05, 4.69) is 10.3 Å². The Bertz CT molecular complexity index is 852. The third kappa shape index (κ3) is 3.59. The van der Waals surface area contributed by atoms with E-state index in [4.69, 9.17) is 14.2 Å². The number of hydrogen-bond donors (Lipinski definition) is 2. The lowest BCUT2D eigenvalue weighted by molar-refractivity contribution is -0.139. The summed E-state index contributed by atoms with van der Waals surface area (Å²) in [6.07, 6.45) is 1.77. The Morgan fingerprint density at radius 3 is 2.44 bits per heavy atom. The number of hydrogen-bond acceptors (Lipinski definition) is 8. The van der Waals surface area contributed by atoms with Gasteiger partial charge in [0.2, 0.25) is 5.75 Å². The maximum absolute atomic E-state index is 11.5. The van der Waals surface area contributed by atoms with Crippen LogP contribution >= 0.6 is 23.1 Å². The Kier molecular flexibility index (Phi) is 5.55. The van der Waals surface area contributed by atoms with Crippen LogP contribution in [0.1, 0.15) is 24.2 Å². The average Bonchev–Trinajstić information content (AvgIpc) is 3.24. The van der Waals surface area contributed by atoms with Crippen LogP contribution in [0.15, 0.2) is 18.3 Å². The van der Waals surface area contributed by atoms with E-state index < -0.39 is 16.8 Å². The van der Waals surface area contributed by atoms with Crippen LogP contribution in [-0.4, -0.2) is 48.2 Å². The summed E-state index contributed by atoms with van der Waals surface area (Å²) in [5, 5.41) is 13.3. The van der Waals surface area contributed by atoms with Gasteiger partial charge in [0, 0.05) is 16.5 Å². The van der Waals surface area contributed by atoms with E-state index in [0.717, 1.165) is 15.4 Å². The molecule has 2 aromatic rings. The van der Waals surface area contributed by atoms with Crippen LogP contribution in [0.25, 0.3) is 10.4 Å². The minimum absolute atomic E-state index is 0.175. The molecule has 2 unspecified atom stereocenters. The van der Waals surface area contributed by atoms with E-state index in [0.29, 0.717) is 17.2 Å². The fourth-order valence-electron chi connectivity index (χ4n) is 3.08. The molecule has 2 N–H and O–H groups in total. The molecule has 1 fully saturated rings. The largest absolute Gasteiger partial charge is 0.493 e. The number of ether oxygens (including phenoxy) is 3. The second kappa shape index (κ2) is 7.57.